The molecule has 16 heavy (non-hydrogen) atoms. The molecule has 90 valence electrons. The maximum absolute atomic E-state index is 12.1. The van der Waals surface area contributed by atoms with Gasteiger partial charge in [-0.2, -0.15) is 4.31 Å². The van der Waals surface area contributed by atoms with E-state index in [0.717, 1.165) is 0 Å². The van der Waals surface area contributed by atoms with Gasteiger partial charge in [-0.3, -0.25) is 0 Å². The summed E-state index contributed by atoms with van der Waals surface area (Å²) < 4.78 is 31.2. The molecule has 7 heteroatoms. The number of sulfonamides is 1. The number of aromatic amines is 1. The first-order valence-corrected chi connectivity index (χ1v) is 6.48. The molecular weight excluding hydrogens is 230 g/mol. The second-order valence-corrected chi connectivity index (χ2v) is 6.27. The number of hydrogen-bond acceptors (Lipinski definition) is 4. The van der Waals surface area contributed by atoms with Crippen LogP contribution in [0.15, 0.2) is 17.6 Å². The first kappa shape index (κ1) is 11.6. The van der Waals surface area contributed by atoms with E-state index in [1.165, 1.54) is 16.8 Å². The van der Waals surface area contributed by atoms with Crippen LogP contribution in [0.5, 0.6) is 0 Å². The van der Waals surface area contributed by atoms with E-state index in [9.17, 15) is 8.42 Å². The van der Waals surface area contributed by atoms with Crippen LogP contribution in [-0.2, 0) is 14.8 Å². The van der Waals surface area contributed by atoms with Gasteiger partial charge in [0.1, 0.15) is 0 Å². The molecule has 0 aliphatic carbocycles. The summed E-state index contributed by atoms with van der Waals surface area (Å²) in [5.74, 6) is 0. The summed E-state index contributed by atoms with van der Waals surface area (Å²) in [5, 5.41) is 0.130. The lowest BCUT2D eigenvalue weighted by Gasteiger charge is -2.36. The van der Waals surface area contributed by atoms with Gasteiger partial charge in [-0.15, -0.1) is 0 Å². The summed E-state index contributed by atoms with van der Waals surface area (Å²) in [6.45, 7) is 4.91. The maximum Gasteiger partial charge on any atom is 0.260 e. The quantitative estimate of drug-likeness (QED) is 0.808. The molecule has 1 aliphatic heterocycles. The van der Waals surface area contributed by atoms with E-state index in [-0.39, 0.29) is 5.03 Å². The smallest absolute Gasteiger partial charge is 0.260 e. The number of hydrogen-bond donors (Lipinski definition) is 1. The predicted molar refractivity (Wildman–Crippen MR) is 57.4 cm³/mol. The highest BCUT2D eigenvalue weighted by atomic mass is 32.2. The van der Waals surface area contributed by atoms with E-state index in [0.29, 0.717) is 19.7 Å². The summed E-state index contributed by atoms with van der Waals surface area (Å²) in [5.41, 5.74) is -0.439. The molecule has 1 N–H and O–H groups in total. The van der Waals surface area contributed by atoms with Gasteiger partial charge in [-0.05, 0) is 13.8 Å². The average molecular weight is 245 g/mol. The minimum absolute atomic E-state index is 0.130. The molecule has 0 radical (unpaired) electrons. The van der Waals surface area contributed by atoms with E-state index < -0.39 is 15.6 Å². The topological polar surface area (TPSA) is 75.3 Å². The van der Waals surface area contributed by atoms with Crippen LogP contribution in [0.3, 0.4) is 0 Å². The summed E-state index contributed by atoms with van der Waals surface area (Å²) in [6, 6.07) is 0. The van der Waals surface area contributed by atoms with Gasteiger partial charge in [0.05, 0.1) is 24.7 Å². The van der Waals surface area contributed by atoms with Crippen molar-refractivity contribution < 1.29 is 13.2 Å². The molecule has 2 rings (SSSR count). The third-order valence-corrected chi connectivity index (χ3v) is 4.25. The highest BCUT2D eigenvalue weighted by molar-refractivity contribution is 7.89. The van der Waals surface area contributed by atoms with Crippen LogP contribution in [0.4, 0.5) is 0 Å². The van der Waals surface area contributed by atoms with Crippen molar-refractivity contribution in [1.29, 1.82) is 0 Å². The summed E-state index contributed by atoms with van der Waals surface area (Å²) >= 11 is 0. The van der Waals surface area contributed by atoms with Crippen LogP contribution in [0.2, 0.25) is 0 Å². The SMILES string of the molecule is CC1(C)CN(S(=O)(=O)c2cnc[nH]2)CCO1. The standard InChI is InChI=1S/C9H15N3O3S/c1-9(2)6-12(3-4-15-9)16(13,14)8-5-10-7-11-8/h5,7H,3-4,6H2,1-2H3,(H,10,11). The Kier molecular flexibility index (Phi) is 2.77. The van der Waals surface area contributed by atoms with Crippen LogP contribution < -0.4 is 0 Å². The molecule has 1 aromatic rings. The Morgan fingerprint density at radius 1 is 1.56 bits per heavy atom. The lowest BCUT2D eigenvalue weighted by molar-refractivity contribution is -0.0640. The molecule has 1 aromatic heterocycles. The Labute approximate surface area is 94.7 Å². The Bertz CT molecular complexity index is 452. The zero-order chi connectivity index (χ0) is 11.8. The van der Waals surface area contributed by atoms with Gasteiger partial charge >= 0.3 is 0 Å². The van der Waals surface area contributed by atoms with E-state index in [2.05, 4.69) is 9.97 Å². The van der Waals surface area contributed by atoms with E-state index in [1.807, 2.05) is 13.8 Å². The highest BCUT2D eigenvalue weighted by Gasteiger charge is 2.35. The molecule has 2 heterocycles. The zero-order valence-electron chi connectivity index (χ0n) is 9.30. The summed E-state index contributed by atoms with van der Waals surface area (Å²) in [4.78, 5) is 6.35. The van der Waals surface area contributed by atoms with Crippen LogP contribution in [-0.4, -0.2) is 48.0 Å². The fraction of sp³-hybridized carbons (Fsp3) is 0.667. The molecule has 6 nitrogen and oxygen atoms in total. The number of aromatic nitrogens is 2. The molecule has 0 bridgehead atoms. The molecule has 0 atom stereocenters. The number of imidazole rings is 1. The fourth-order valence-corrected chi connectivity index (χ4v) is 3.17. The van der Waals surface area contributed by atoms with E-state index in [4.69, 9.17) is 4.74 Å². The highest BCUT2D eigenvalue weighted by Crippen LogP contribution is 2.21. The van der Waals surface area contributed by atoms with E-state index in [1.54, 1.807) is 0 Å². The third-order valence-electron chi connectivity index (χ3n) is 2.48. The molecule has 0 amide bonds. The lowest BCUT2D eigenvalue weighted by Crippen LogP contribution is -2.50. The summed E-state index contributed by atoms with van der Waals surface area (Å²) in [7, 11) is -3.45. The van der Waals surface area contributed by atoms with Gasteiger partial charge < -0.3 is 9.72 Å². The number of morpholine rings is 1. The van der Waals surface area contributed by atoms with Crippen molar-refractivity contribution in [2.24, 2.45) is 0 Å². The molecule has 0 saturated carbocycles. The molecule has 0 unspecified atom stereocenters. The third kappa shape index (κ3) is 2.11. The van der Waals surface area contributed by atoms with Crippen molar-refractivity contribution in [2.75, 3.05) is 19.7 Å². The van der Waals surface area contributed by atoms with Gasteiger partial charge in [-0.1, -0.05) is 0 Å². The Balaban J connectivity index is 2.25. The second-order valence-electron chi connectivity index (χ2n) is 4.36. The van der Waals surface area contributed by atoms with Crippen LogP contribution in [0.1, 0.15) is 13.8 Å². The van der Waals surface area contributed by atoms with Crippen LogP contribution in [0.25, 0.3) is 0 Å². The molecule has 1 fully saturated rings. The molecule has 0 spiro atoms. The summed E-state index contributed by atoms with van der Waals surface area (Å²) in [6.07, 6.45) is 2.68. The van der Waals surface area contributed by atoms with Gasteiger partial charge in [0, 0.05) is 13.1 Å². The number of nitrogens with one attached hydrogen (secondary N) is 1. The lowest BCUT2D eigenvalue weighted by atomic mass is 10.1. The Morgan fingerprint density at radius 2 is 2.31 bits per heavy atom. The van der Waals surface area contributed by atoms with Crippen LogP contribution in [0, 0.1) is 0 Å². The predicted octanol–water partition coefficient (Wildman–Crippen LogP) is 0.209. The first-order chi connectivity index (χ1) is 7.42. The van der Waals surface area contributed by atoms with Crippen LogP contribution >= 0.6 is 0 Å². The molecule has 1 aliphatic rings. The first-order valence-electron chi connectivity index (χ1n) is 5.04. The van der Waals surface area contributed by atoms with Crippen molar-refractivity contribution in [3.8, 4) is 0 Å². The Hall–Kier alpha value is -0.920. The molecule has 0 aromatic carbocycles. The minimum Gasteiger partial charge on any atom is -0.373 e. The minimum atomic E-state index is -3.45. The van der Waals surface area contributed by atoms with Crippen molar-refractivity contribution >= 4 is 10.0 Å². The average Bonchev–Trinajstić information content (AvgIpc) is 2.69. The van der Waals surface area contributed by atoms with Gasteiger partial charge in [0.2, 0.25) is 0 Å². The van der Waals surface area contributed by atoms with E-state index >= 15 is 0 Å². The normalized spacial score (nSPS) is 22.1. The maximum atomic E-state index is 12.1. The monoisotopic (exact) mass is 245 g/mol. The number of nitrogens with zero attached hydrogens (tertiary/aromatic N) is 2. The molecule has 1 saturated heterocycles. The van der Waals surface area contributed by atoms with Gasteiger partial charge in [0.15, 0.2) is 5.03 Å². The fourth-order valence-electron chi connectivity index (χ4n) is 1.70. The van der Waals surface area contributed by atoms with Crippen molar-refractivity contribution in [3.05, 3.63) is 12.5 Å². The Morgan fingerprint density at radius 3 is 2.88 bits per heavy atom. The van der Waals surface area contributed by atoms with Crippen molar-refractivity contribution in [3.63, 3.8) is 0 Å². The van der Waals surface area contributed by atoms with Crippen molar-refractivity contribution in [2.45, 2.75) is 24.5 Å². The van der Waals surface area contributed by atoms with Gasteiger partial charge in [0.25, 0.3) is 10.0 Å². The van der Waals surface area contributed by atoms with Gasteiger partial charge in [-0.25, -0.2) is 13.4 Å². The second kappa shape index (κ2) is 3.83. The number of rotatable bonds is 2. The largest absolute Gasteiger partial charge is 0.373 e. The molecular formula is C9H15N3O3S. The van der Waals surface area contributed by atoms with Crippen molar-refractivity contribution in [1.82, 2.24) is 14.3 Å². The zero-order valence-corrected chi connectivity index (χ0v) is 10.1. The number of H-pyrrole nitrogens is 1. The number of ether oxygens (including phenoxy) is 1.